The second-order valence-electron chi connectivity index (χ2n) is 6.46. The number of nitrogens with zero attached hydrogens (tertiary/aromatic N) is 2. The Morgan fingerprint density at radius 1 is 1.35 bits per heavy atom. The molecule has 1 unspecified atom stereocenters. The summed E-state index contributed by atoms with van der Waals surface area (Å²) in [6, 6.07) is 7.64. The molecule has 1 aliphatic rings. The van der Waals surface area contributed by atoms with Gasteiger partial charge in [-0.25, -0.2) is 0 Å². The van der Waals surface area contributed by atoms with E-state index >= 15 is 0 Å². The highest BCUT2D eigenvalue weighted by Crippen LogP contribution is 2.27. The van der Waals surface area contributed by atoms with Crippen molar-refractivity contribution in [3.63, 3.8) is 0 Å². The van der Waals surface area contributed by atoms with Crippen LogP contribution in [0.1, 0.15) is 30.9 Å². The fourth-order valence-corrected chi connectivity index (χ4v) is 3.15. The maximum absolute atomic E-state index is 6.02. The van der Waals surface area contributed by atoms with Gasteiger partial charge in [-0.2, -0.15) is 0 Å². The molecule has 0 saturated carbocycles. The Morgan fingerprint density at radius 2 is 2.00 bits per heavy atom. The number of benzene rings is 1. The lowest BCUT2D eigenvalue weighted by Crippen LogP contribution is -2.42. The van der Waals surface area contributed by atoms with Crippen LogP contribution in [0.25, 0.3) is 0 Å². The predicted octanol–water partition coefficient (Wildman–Crippen LogP) is 2.42. The van der Waals surface area contributed by atoms with Crippen LogP contribution in [-0.4, -0.2) is 44.2 Å². The van der Waals surface area contributed by atoms with Crippen LogP contribution < -0.4 is 10.6 Å². The minimum Gasteiger partial charge on any atom is -0.371 e. The lowest BCUT2D eigenvalue weighted by atomic mass is 9.98. The number of nitrogens with two attached hydrogens (primary N) is 1. The number of aryl methyl sites for hydroxylation is 1. The number of piperidine rings is 1. The average molecular weight is 275 g/mol. The topological polar surface area (TPSA) is 32.5 Å². The number of hydrogen-bond donors (Lipinski definition) is 1. The molecule has 0 bridgehead atoms. The van der Waals surface area contributed by atoms with Crippen molar-refractivity contribution in [2.24, 2.45) is 5.73 Å². The third-order valence-corrected chi connectivity index (χ3v) is 4.39. The Bertz CT molecular complexity index is 434. The molecule has 1 fully saturated rings. The molecule has 0 spiro atoms. The van der Waals surface area contributed by atoms with Crippen molar-refractivity contribution in [1.82, 2.24) is 4.90 Å². The minimum atomic E-state index is 0.210. The van der Waals surface area contributed by atoms with Crippen molar-refractivity contribution >= 4 is 5.69 Å². The van der Waals surface area contributed by atoms with Crippen molar-refractivity contribution < 1.29 is 0 Å². The second-order valence-corrected chi connectivity index (χ2v) is 6.46. The number of rotatable bonds is 4. The SMILES string of the molecule is Cc1ccc(N(C)C2CCN(C)CC2)c(CC(C)N)c1. The quantitative estimate of drug-likeness (QED) is 0.916. The van der Waals surface area contributed by atoms with Crippen LogP contribution in [0, 0.1) is 6.92 Å². The molecule has 3 heteroatoms. The van der Waals surface area contributed by atoms with E-state index in [1.54, 1.807) is 0 Å². The molecular weight excluding hydrogens is 246 g/mol. The van der Waals surface area contributed by atoms with Crippen LogP contribution in [0.5, 0.6) is 0 Å². The molecule has 1 atom stereocenters. The average Bonchev–Trinajstić information content (AvgIpc) is 2.38. The molecule has 1 aromatic carbocycles. The molecule has 112 valence electrons. The third kappa shape index (κ3) is 3.74. The van der Waals surface area contributed by atoms with Gasteiger partial charge in [0, 0.05) is 24.8 Å². The van der Waals surface area contributed by atoms with Crippen LogP contribution in [0.15, 0.2) is 18.2 Å². The van der Waals surface area contributed by atoms with Gasteiger partial charge >= 0.3 is 0 Å². The van der Waals surface area contributed by atoms with Crippen LogP contribution in [-0.2, 0) is 6.42 Å². The number of anilines is 1. The fourth-order valence-electron chi connectivity index (χ4n) is 3.15. The summed E-state index contributed by atoms with van der Waals surface area (Å²) < 4.78 is 0. The monoisotopic (exact) mass is 275 g/mol. The molecule has 0 aliphatic carbocycles. The zero-order valence-corrected chi connectivity index (χ0v) is 13.4. The number of likely N-dealkylation sites (tertiary alicyclic amines) is 1. The molecule has 0 aromatic heterocycles. The third-order valence-electron chi connectivity index (χ3n) is 4.39. The molecule has 2 N–H and O–H groups in total. The second kappa shape index (κ2) is 6.59. The van der Waals surface area contributed by atoms with Gasteiger partial charge in [0.2, 0.25) is 0 Å². The first-order valence-corrected chi connectivity index (χ1v) is 7.74. The smallest absolute Gasteiger partial charge is 0.0399 e. The first kappa shape index (κ1) is 15.3. The summed E-state index contributed by atoms with van der Waals surface area (Å²) in [7, 11) is 4.45. The summed E-state index contributed by atoms with van der Waals surface area (Å²) in [5, 5.41) is 0. The van der Waals surface area contributed by atoms with Crippen molar-refractivity contribution in [3.05, 3.63) is 29.3 Å². The van der Waals surface area contributed by atoms with Gasteiger partial charge in [0.05, 0.1) is 0 Å². The maximum Gasteiger partial charge on any atom is 0.0399 e. The number of hydrogen-bond acceptors (Lipinski definition) is 3. The van der Waals surface area contributed by atoms with E-state index in [2.05, 4.69) is 55.9 Å². The molecular formula is C17H29N3. The van der Waals surface area contributed by atoms with Crippen molar-refractivity contribution in [2.75, 3.05) is 32.1 Å². The molecule has 2 rings (SSSR count). The Labute approximate surface area is 123 Å². The van der Waals surface area contributed by atoms with Gasteiger partial charge in [0.25, 0.3) is 0 Å². The zero-order chi connectivity index (χ0) is 14.7. The van der Waals surface area contributed by atoms with Crippen LogP contribution >= 0.6 is 0 Å². The first-order chi connectivity index (χ1) is 9.47. The minimum absolute atomic E-state index is 0.210. The van der Waals surface area contributed by atoms with Crippen molar-refractivity contribution in [1.29, 1.82) is 0 Å². The standard InChI is InChI=1S/C17H29N3/c1-13-5-6-17(15(11-13)12-14(2)18)20(4)16-7-9-19(3)10-8-16/h5-6,11,14,16H,7-10,12,18H2,1-4H3. The zero-order valence-electron chi connectivity index (χ0n) is 13.4. The summed E-state index contributed by atoms with van der Waals surface area (Å²) in [5.74, 6) is 0. The Morgan fingerprint density at radius 3 is 2.60 bits per heavy atom. The van der Waals surface area contributed by atoms with E-state index in [1.807, 2.05) is 0 Å². The molecule has 0 amide bonds. The highest BCUT2D eigenvalue weighted by atomic mass is 15.2. The van der Waals surface area contributed by atoms with Crippen molar-refractivity contribution in [3.8, 4) is 0 Å². The maximum atomic E-state index is 6.02. The summed E-state index contributed by atoms with van der Waals surface area (Å²) in [5.41, 5.74) is 10.1. The van der Waals surface area contributed by atoms with E-state index in [9.17, 15) is 0 Å². The van der Waals surface area contributed by atoms with E-state index in [1.165, 1.54) is 42.7 Å². The van der Waals surface area contributed by atoms with Gasteiger partial charge in [0.1, 0.15) is 0 Å². The fraction of sp³-hybridized carbons (Fsp3) is 0.647. The van der Waals surface area contributed by atoms with E-state index in [0.29, 0.717) is 6.04 Å². The van der Waals surface area contributed by atoms with Gasteiger partial charge in [0.15, 0.2) is 0 Å². The summed E-state index contributed by atoms with van der Waals surface area (Å²) in [6.07, 6.45) is 3.45. The molecule has 1 heterocycles. The van der Waals surface area contributed by atoms with Gasteiger partial charge < -0.3 is 15.5 Å². The summed E-state index contributed by atoms with van der Waals surface area (Å²) in [6.45, 7) is 6.64. The van der Waals surface area contributed by atoms with Crippen LogP contribution in [0.4, 0.5) is 5.69 Å². The molecule has 1 aromatic rings. The normalized spacial score (nSPS) is 19.1. The van der Waals surface area contributed by atoms with Crippen LogP contribution in [0.2, 0.25) is 0 Å². The van der Waals surface area contributed by atoms with Gasteiger partial charge in [-0.1, -0.05) is 17.7 Å². The molecule has 0 radical (unpaired) electrons. The largest absolute Gasteiger partial charge is 0.371 e. The molecule has 3 nitrogen and oxygen atoms in total. The van der Waals surface area contributed by atoms with Gasteiger partial charge in [-0.05, 0) is 64.9 Å². The van der Waals surface area contributed by atoms with E-state index < -0.39 is 0 Å². The van der Waals surface area contributed by atoms with Crippen molar-refractivity contribution in [2.45, 2.75) is 45.2 Å². The van der Waals surface area contributed by atoms with E-state index in [0.717, 1.165) is 6.42 Å². The molecule has 1 saturated heterocycles. The highest BCUT2D eigenvalue weighted by Gasteiger charge is 2.22. The van der Waals surface area contributed by atoms with E-state index in [4.69, 9.17) is 5.73 Å². The predicted molar refractivity (Wildman–Crippen MR) is 87.5 cm³/mol. The lowest BCUT2D eigenvalue weighted by molar-refractivity contribution is 0.252. The highest BCUT2D eigenvalue weighted by molar-refractivity contribution is 5.55. The van der Waals surface area contributed by atoms with E-state index in [-0.39, 0.29) is 6.04 Å². The summed E-state index contributed by atoms with van der Waals surface area (Å²) in [4.78, 5) is 4.90. The molecule has 20 heavy (non-hydrogen) atoms. The lowest BCUT2D eigenvalue weighted by Gasteiger charge is -2.37. The Balaban J connectivity index is 2.18. The Kier molecular flexibility index (Phi) is 5.06. The summed E-state index contributed by atoms with van der Waals surface area (Å²) >= 11 is 0. The Hall–Kier alpha value is -1.06. The first-order valence-electron chi connectivity index (χ1n) is 7.74. The molecule has 1 aliphatic heterocycles. The van der Waals surface area contributed by atoms with Gasteiger partial charge in [-0.15, -0.1) is 0 Å². The van der Waals surface area contributed by atoms with Crippen LogP contribution in [0.3, 0.4) is 0 Å². The van der Waals surface area contributed by atoms with Gasteiger partial charge in [-0.3, -0.25) is 0 Å².